The molecule has 0 atom stereocenters. The first kappa shape index (κ1) is 33.4. The second-order valence-electron chi connectivity index (χ2n) is 14.6. The van der Waals surface area contributed by atoms with Gasteiger partial charge >= 0.3 is 0 Å². The van der Waals surface area contributed by atoms with Crippen LogP contribution >= 0.6 is 0 Å². The van der Waals surface area contributed by atoms with Crippen molar-refractivity contribution in [2.45, 2.75) is 5.41 Å². The lowest BCUT2D eigenvalue weighted by molar-refractivity contribution is 0.436. The van der Waals surface area contributed by atoms with Gasteiger partial charge < -0.3 is 4.74 Å². The minimum atomic E-state index is -0.744. The number of rotatable bonds is 5. The summed E-state index contributed by atoms with van der Waals surface area (Å²) in [7, 11) is 0. The Morgan fingerprint density at radius 3 is 1.47 bits per heavy atom. The highest BCUT2D eigenvalue weighted by atomic mass is 16.5. The number of benzene rings is 8. The predicted molar refractivity (Wildman–Crippen MR) is 229 cm³/mol. The van der Waals surface area contributed by atoms with E-state index in [2.05, 4.69) is 140 Å². The van der Waals surface area contributed by atoms with Crippen molar-refractivity contribution in [2.75, 3.05) is 0 Å². The van der Waals surface area contributed by atoms with E-state index in [0.29, 0.717) is 23.0 Å². The lowest BCUT2D eigenvalue weighted by atomic mass is 9.65. The Bertz CT molecular complexity index is 3070. The number of ether oxygens (including phenoxy) is 1. The molecule has 9 aromatic rings. The molecule has 1 spiro atoms. The van der Waals surface area contributed by atoms with E-state index < -0.39 is 5.41 Å². The molecule has 0 radical (unpaired) electrons. The third-order valence-corrected chi connectivity index (χ3v) is 11.5. The molecule has 5 nitrogen and oxygen atoms in total. The van der Waals surface area contributed by atoms with Crippen molar-refractivity contribution in [3.05, 3.63) is 222 Å². The fourth-order valence-corrected chi connectivity index (χ4v) is 8.86. The second kappa shape index (κ2) is 13.4. The van der Waals surface area contributed by atoms with Crippen LogP contribution in [0.15, 0.2) is 194 Å². The van der Waals surface area contributed by atoms with E-state index in [1.807, 2.05) is 60.7 Å². The largest absolute Gasteiger partial charge is 0.457 e. The molecule has 2 heterocycles. The number of nitrogens with zero attached hydrogens (tertiary/aromatic N) is 4. The first-order valence-corrected chi connectivity index (χ1v) is 19.3. The first-order chi connectivity index (χ1) is 28.7. The summed E-state index contributed by atoms with van der Waals surface area (Å²) in [5.41, 5.74) is 13.3. The molecule has 0 saturated carbocycles. The van der Waals surface area contributed by atoms with Gasteiger partial charge in [0.15, 0.2) is 17.5 Å². The molecule has 0 fully saturated rings. The maximum Gasteiger partial charge on any atom is 0.164 e. The van der Waals surface area contributed by atoms with E-state index in [-0.39, 0.29) is 0 Å². The van der Waals surface area contributed by atoms with Gasteiger partial charge in [0.05, 0.1) is 17.0 Å². The van der Waals surface area contributed by atoms with E-state index in [1.165, 1.54) is 22.3 Å². The zero-order valence-electron chi connectivity index (χ0n) is 31.2. The summed E-state index contributed by atoms with van der Waals surface area (Å²) in [6, 6.07) is 69.0. The standard InChI is InChI=1S/C53H32N4O/c54-33-40-18-7-8-21-41(40)37-26-28-48-46(31-37)53(44-24-11-9-22-42(44)43-23-10-12-25-45(43)53)47-32-39(27-29-49(47)58-48)52-56-50(35-16-5-2-6-17-35)55-51(57-52)38-20-13-19-36(30-38)34-14-3-1-4-15-34/h1-32H. The van der Waals surface area contributed by atoms with Crippen molar-refractivity contribution in [3.8, 4) is 85.1 Å². The summed E-state index contributed by atoms with van der Waals surface area (Å²) in [5, 5.41) is 10.1. The fraction of sp³-hybridized carbons (Fsp3) is 0.0189. The van der Waals surface area contributed by atoms with Crippen LogP contribution in [0.1, 0.15) is 27.8 Å². The third-order valence-electron chi connectivity index (χ3n) is 11.5. The van der Waals surface area contributed by atoms with Crippen LogP contribution in [0.2, 0.25) is 0 Å². The summed E-state index contributed by atoms with van der Waals surface area (Å²) in [6.45, 7) is 0. The molecule has 0 saturated heterocycles. The van der Waals surface area contributed by atoms with Crippen molar-refractivity contribution in [1.82, 2.24) is 15.0 Å². The fourth-order valence-electron chi connectivity index (χ4n) is 8.86. The van der Waals surface area contributed by atoms with Crippen LogP contribution < -0.4 is 4.74 Å². The highest BCUT2D eigenvalue weighted by Gasteiger charge is 2.51. The number of aromatic nitrogens is 3. The molecule has 2 aliphatic rings. The Hall–Kier alpha value is -7.94. The molecule has 270 valence electrons. The summed E-state index contributed by atoms with van der Waals surface area (Å²) in [4.78, 5) is 15.4. The van der Waals surface area contributed by atoms with Gasteiger partial charge in [-0.05, 0) is 87.0 Å². The van der Waals surface area contributed by atoms with E-state index >= 15 is 0 Å². The van der Waals surface area contributed by atoms with Crippen molar-refractivity contribution in [1.29, 1.82) is 5.26 Å². The SMILES string of the molecule is N#Cc1ccccc1-c1ccc2c(c1)C1(c3cc(-c4nc(-c5ccccc5)nc(-c5cccc(-c6ccccc6)c5)n4)ccc3O2)c2ccccc2-c2ccccc21. The smallest absolute Gasteiger partial charge is 0.164 e. The van der Waals surface area contributed by atoms with Gasteiger partial charge in [-0.2, -0.15) is 5.26 Å². The highest BCUT2D eigenvalue weighted by Crippen LogP contribution is 2.62. The van der Waals surface area contributed by atoms with Crippen molar-refractivity contribution >= 4 is 0 Å². The zero-order chi connectivity index (χ0) is 38.6. The Morgan fingerprint density at radius 2 is 0.828 bits per heavy atom. The Labute approximate surface area is 336 Å². The summed E-state index contributed by atoms with van der Waals surface area (Å²) in [5.74, 6) is 3.29. The quantitative estimate of drug-likeness (QED) is 0.176. The number of nitriles is 1. The predicted octanol–water partition coefficient (Wildman–Crippen LogP) is 12.5. The van der Waals surface area contributed by atoms with Crippen LogP contribution in [0, 0.1) is 11.3 Å². The summed E-state index contributed by atoms with van der Waals surface area (Å²) >= 11 is 0. The van der Waals surface area contributed by atoms with Gasteiger partial charge in [0.2, 0.25) is 0 Å². The summed E-state index contributed by atoms with van der Waals surface area (Å²) in [6.07, 6.45) is 0. The first-order valence-electron chi connectivity index (χ1n) is 19.3. The van der Waals surface area contributed by atoms with Crippen molar-refractivity contribution in [2.24, 2.45) is 0 Å². The molecule has 1 aromatic heterocycles. The van der Waals surface area contributed by atoms with Gasteiger partial charge in [-0.25, -0.2) is 15.0 Å². The molecule has 0 unspecified atom stereocenters. The monoisotopic (exact) mass is 740 g/mol. The third kappa shape index (κ3) is 5.20. The molecule has 1 aliphatic heterocycles. The molecular weight excluding hydrogens is 709 g/mol. The molecule has 0 amide bonds. The van der Waals surface area contributed by atoms with Crippen LogP contribution in [-0.2, 0) is 5.41 Å². The topological polar surface area (TPSA) is 71.7 Å². The minimum absolute atomic E-state index is 0.564. The van der Waals surface area contributed by atoms with Gasteiger partial charge in [0.25, 0.3) is 0 Å². The van der Waals surface area contributed by atoms with Crippen LogP contribution in [0.4, 0.5) is 0 Å². The molecule has 0 bridgehead atoms. The number of hydrogen-bond donors (Lipinski definition) is 0. The van der Waals surface area contributed by atoms with Crippen molar-refractivity contribution < 1.29 is 4.74 Å². The maximum absolute atomic E-state index is 10.1. The van der Waals surface area contributed by atoms with Crippen LogP contribution in [0.3, 0.4) is 0 Å². The minimum Gasteiger partial charge on any atom is -0.457 e. The van der Waals surface area contributed by atoms with E-state index in [4.69, 9.17) is 19.7 Å². The van der Waals surface area contributed by atoms with Gasteiger partial charge in [0, 0.05) is 27.8 Å². The van der Waals surface area contributed by atoms with Crippen LogP contribution in [-0.4, -0.2) is 15.0 Å². The Balaban J connectivity index is 1.16. The number of fused-ring (bicyclic) bond motifs is 9. The van der Waals surface area contributed by atoms with Crippen LogP contribution in [0.25, 0.3) is 67.5 Å². The molecule has 58 heavy (non-hydrogen) atoms. The van der Waals surface area contributed by atoms with E-state index in [0.717, 1.165) is 61.6 Å². The average molecular weight is 741 g/mol. The van der Waals surface area contributed by atoms with Gasteiger partial charge in [0.1, 0.15) is 11.5 Å². The van der Waals surface area contributed by atoms with E-state index in [9.17, 15) is 5.26 Å². The Morgan fingerprint density at radius 1 is 0.362 bits per heavy atom. The molecular formula is C53H32N4O. The van der Waals surface area contributed by atoms with Crippen LogP contribution in [0.5, 0.6) is 11.5 Å². The van der Waals surface area contributed by atoms with Gasteiger partial charge in [-0.1, -0.05) is 152 Å². The second-order valence-corrected chi connectivity index (χ2v) is 14.6. The highest BCUT2D eigenvalue weighted by molar-refractivity contribution is 5.90. The average Bonchev–Trinajstić information content (AvgIpc) is 3.60. The molecule has 5 heteroatoms. The zero-order valence-corrected chi connectivity index (χ0v) is 31.2. The molecule has 8 aromatic carbocycles. The normalized spacial score (nSPS) is 12.7. The van der Waals surface area contributed by atoms with E-state index in [1.54, 1.807) is 0 Å². The van der Waals surface area contributed by atoms with Gasteiger partial charge in [-0.3, -0.25) is 0 Å². The van der Waals surface area contributed by atoms with Crippen molar-refractivity contribution in [3.63, 3.8) is 0 Å². The maximum atomic E-state index is 10.1. The lowest BCUT2D eigenvalue weighted by Crippen LogP contribution is -2.32. The number of hydrogen-bond acceptors (Lipinski definition) is 5. The molecule has 1 aliphatic carbocycles. The van der Waals surface area contributed by atoms with Gasteiger partial charge in [-0.15, -0.1) is 0 Å². The lowest BCUT2D eigenvalue weighted by Gasteiger charge is -2.40. The molecule has 0 N–H and O–H groups in total. The molecule has 11 rings (SSSR count). The Kier molecular flexibility index (Phi) is 7.70. The summed E-state index contributed by atoms with van der Waals surface area (Å²) < 4.78 is 6.86.